The van der Waals surface area contributed by atoms with Crippen molar-refractivity contribution in [3.63, 3.8) is 0 Å². The van der Waals surface area contributed by atoms with E-state index >= 15 is 0 Å². The smallest absolute Gasteiger partial charge is 0.0944 e. The molecule has 1 aliphatic heterocycles. The first kappa shape index (κ1) is 9.18. The Bertz CT molecular complexity index is 510. The van der Waals surface area contributed by atoms with Crippen molar-refractivity contribution in [2.24, 2.45) is 0 Å². The molecule has 4 heteroatoms. The maximum absolute atomic E-state index is 4.15. The normalized spacial score (nSPS) is 13.4. The zero-order valence-corrected chi connectivity index (χ0v) is 8.94. The molecule has 3 rings (SSSR count). The Kier molecular flexibility index (Phi) is 2.01. The number of hydrogen-bond donors (Lipinski definition) is 2. The quantitative estimate of drug-likeness (QED) is 0.761. The lowest BCUT2D eigenvalue weighted by Gasteiger charge is -2.18. The number of anilines is 3. The van der Waals surface area contributed by atoms with E-state index < -0.39 is 0 Å². The highest BCUT2D eigenvalue weighted by Crippen LogP contribution is 2.35. The van der Waals surface area contributed by atoms with E-state index in [0.717, 1.165) is 22.6 Å². The number of nitrogens with zero attached hydrogens (tertiary/aromatic N) is 2. The number of aromatic nitrogens is 1. The topological polar surface area (TPSA) is 40.2 Å². The van der Waals surface area contributed by atoms with Gasteiger partial charge in [0.1, 0.15) is 0 Å². The van der Waals surface area contributed by atoms with Crippen molar-refractivity contribution in [1.29, 1.82) is 0 Å². The number of hydrogen-bond acceptors (Lipinski definition) is 4. The number of para-hydroxylation sites is 1. The molecule has 2 N–H and O–H groups in total. The summed E-state index contributed by atoms with van der Waals surface area (Å²) < 4.78 is 0. The Morgan fingerprint density at radius 1 is 1.12 bits per heavy atom. The monoisotopic (exact) mass is 212 g/mol. The van der Waals surface area contributed by atoms with Crippen LogP contribution in [0.2, 0.25) is 0 Å². The van der Waals surface area contributed by atoms with E-state index in [1.54, 1.807) is 0 Å². The summed E-state index contributed by atoms with van der Waals surface area (Å²) in [5.74, 6) is 0. The van der Waals surface area contributed by atoms with Gasteiger partial charge >= 0.3 is 0 Å². The van der Waals surface area contributed by atoms with E-state index in [4.69, 9.17) is 0 Å². The van der Waals surface area contributed by atoms with Crippen molar-refractivity contribution in [3.05, 3.63) is 48.3 Å². The third-order valence-corrected chi connectivity index (χ3v) is 2.64. The van der Waals surface area contributed by atoms with Crippen LogP contribution in [-0.2, 0) is 0 Å². The summed E-state index contributed by atoms with van der Waals surface area (Å²) in [6, 6.07) is 10.2. The van der Waals surface area contributed by atoms with Gasteiger partial charge in [0.05, 0.1) is 23.3 Å². The second-order valence-electron chi connectivity index (χ2n) is 3.76. The van der Waals surface area contributed by atoms with Gasteiger partial charge in [0.25, 0.3) is 0 Å². The number of rotatable bonds is 1. The number of hydrazine groups is 2. The molecule has 16 heavy (non-hydrogen) atoms. The van der Waals surface area contributed by atoms with Crippen LogP contribution in [-0.4, -0.2) is 4.98 Å². The SMILES string of the molecule is Cc1cncc2c1N(c1ccccc1)NN2. The molecule has 0 radical (unpaired) electrons. The standard InChI is InChI=1S/C12H12N4/c1-9-7-13-8-11-12(9)16(15-14-11)10-5-3-2-4-6-10/h2-8,14-15H,1H3. The molecule has 0 atom stereocenters. The average Bonchev–Trinajstić information content (AvgIpc) is 2.75. The second-order valence-corrected chi connectivity index (χ2v) is 3.76. The molecule has 2 aromatic rings. The van der Waals surface area contributed by atoms with E-state index in [-0.39, 0.29) is 0 Å². The predicted octanol–water partition coefficient (Wildman–Crippen LogP) is 2.37. The van der Waals surface area contributed by atoms with Gasteiger partial charge in [-0.25, -0.2) is 0 Å². The lowest BCUT2D eigenvalue weighted by atomic mass is 10.2. The second kappa shape index (κ2) is 3.50. The molecule has 80 valence electrons. The number of pyridine rings is 1. The summed E-state index contributed by atoms with van der Waals surface area (Å²) in [6.45, 7) is 2.05. The van der Waals surface area contributed by atoms with Gasteiger partial charge in [-0.15, -0.1) is 5.53 Å². The lowest BCUT2D eigenvalue weighted by molar-refractivity contribution is 0.861. The van der Waals surface area contributed by atoms with Gasteiger partial charge in [-0.3, -0.25) is 15.4 Å². The summed E-state index contributed by atoms with van der Waals surface area (Å²) in [5, 5.41) is 2.02. The van der Waals surface area contributed by atoms with Gasteiger partial charge in [0.15, 0.2) is 0 Å². The van der Waals surface area contributed by atoms with Crippen LogP contribution in [0, 0.1) is 6.92 Å². The number of fused-ring (bicyclic) bond motifs is 1. The molecule has 2 heterocycles. The molecule has 0 saturated heterocycles. The van der Waals surface area contributed by atoms with Crippen LogP contribution in [0.5, 0.6) is 0 Å². The van der Waals surface area contributed by atoms with Crippen LogP contribution in [0.15, 0.2) is 42.7 Å². The average molecular weight is 212 g/mol. The molecular formula is C12H12N4. The number of nitrogens with one attached hydrogen (secondary N) is 2. The van der Waals surface area contributed by atoms with E-state index in [1.165, 1.54) is 0 Å². The summed E-state index contributed by atoms with van der Waals surface area (Å²) >= 11 is 0. The van der Waals surface area contributed by atoms with E-state index in [0.29, 0.717) is 0 Å². The molecule has 0 amide bonds. The minimum absolute atomic E-state index is 1.00. The maximum atomic E-state index is 4.15. The predicted molar refractivity (Wildman–Crippen MR) is 64.3 cm³/mol. The Balaban J connectivity index is 2.10. The van der Waals surface area contributed by atoms with Crippen LogP contribution >= 0.6 is 0 Å². The molecule has 0 unspecified atom stereocenters. The highest BCUT2D eigenvalue weighted by molar-refractivity contribution is 5.80. The Labute approximate surface area is 93.9 Å². The molecular weight excluding hydrogens is 200 g/mol. The van der Waals surface area contributed by atoms with Crippen molar-refractivity contribution < 1.29 is 0 Å². The van der Waals surface area contributed by atoms with Crippen LogP contribution in [0.25, 0.3) is 0 Å². The van der Waals surface area contributed by atoms with Crippen molar-refractivity contribution in [3.8, 4) is 0 Å². The van der Waals surface area contributed by atoms with Gasteiger partial charge in [-0.1, -0.05) is 18.2 Å². The third-order valence-electron chi connectivity index (χ3n) is 2.64. The van der Waals surface area contributed by atoms with Crippen molar-refractivity contribution in [1.82, 2.24) is 10.5 Å². The fourth-order valence-electron chi connectivity index (χ4n) is 1.89. The molecule has 1 aromatic carbocycles. The Hall–Kier alpha value is -2.07. The molecule has 0 saturated carbocycles. The largest absolute Gasteiger partial charge is 0.300 e. The summed E-state index contributed by atoms with van der Waals surface area (Å²) in [4.78, 5) is 4.15. The van der Waals surface area contributed by atoms with Gasteiger partial charge in [-0.05, 0) is 24.6 Å². The van der Waals surface area contributed by atoms with Crippen LogP contribution in [0.3, 0.4) is 0 Å². The van der Waals surface area contributed by atoms with Gasteiger partial charge in [-0.2, -0.15) is 0 Å². The van der Waals surface area contributed by atoms with E-state index in [1.807, 2.05) is 35.6 Å². The molecule has 0 spiro atoms. The van der Waals surface area contributed by atoms with Crippen molar-refractivity contribution >= 4 is 17.1 Å². The van der Waals surface area contributed by atoms with Gasteiger partial charge < -0.3 is 0 Å². The first-order valence-corrected chi connectivity index (χ1v) is 5.18. The minimum Gasteiger partial charge on any atom is -0.300 e. The van der Waals surface area contributed by atoms with E-state index in [9.17, 15) is 0 Å². The summed E-state index contributed by atoms with van der Waals surface area (Å²) in [7, 11) is 0. The maximum Gasteiger partial charge on any atom is 0.0944 e. The first-order valence-electron chi connectivity index (χ1n) is 5.18. The number of aryl methyl sites for hydroxylation is 1. The lowest BCUT2D eigenvalue weighted by Crippen LogP contribution is -2.31. The fraction of sp³-hybridized carbons (Fsp3) is 0.0833. The first-order chi connectivity index (χ1) is 7.86. The fourth-order valence-corrected chi connectivity index (χ4v) is 1.89. The summed E-state index contributed by atoms with van der Waals surface area (Å²) in [5.41, 5.74) is 10.6. The number of benzene rings is 1. The minimum atomic E-state index is 1.00. The summed E-state index contributed by atoms with van der Waals surface area (Å²) in [6.07, 6.45) is 3.68. The highest BCUT2D eigenvalue weighted by atomic mass is 15.7. The van der Waals surface area contributed by atoms with Crippen molar-refractivity contribution in [2.75, 3.05) is 10.4 Å². The van der Waals surface area contributed by atoms with Crippen molar-refractivity contribution in [2.45, 2.75) is 6.92 Å². The molecule has 1 aliphatic rings. The Morgan fingerprint density at radius 2 is 1.94 bits per heavy atom. The zero-order valence-electron chi connectivity index (χ0n) is 8.94. The van der Waals surface area contributed by atoms with Crippen LogP contribution < -0.4 is 16.0 Å². The molecule has 4 nitrogen and oxygen atoms in total. The van der Waals surface area contributed by atoms with Gasteiger partial charge in [0.2, 0.25) is 0 Å². The third kappa shape index (κ3) is 1.31. The molecule has 0 bridgehead atoms. The Morgan fingerprint density at radius 3 is 2.75 bits per heavy atom. The molecule has 0 aliphatic carbocycles. The van der Waals surface area contributed by atoms with E-state index in [2.05, 4.69) is 35.0 Å². The van der Waals surface area contributed by atoms with Crippen LogP contribution in [0.4, 0.5) is 17.1 Å². The molecule has 0 fully saturated rings. The highest BCUT2D eigenvalue weighted by Gasteiger charge is 2.21. The van der Waals surface area contributed by atoms with Crippen LogP contribution in [0.1, 0.15) is 5.56 Å². The molecule has 1 aromatic heterocycles. The zero-order chi connectivity index (χ0) is 11.0. The van der Waals surface area contributed by atoms with Gasteiger partial charge in [0, 0.05) is 6.20 Å².